The van der Waals surface area contributed by atoms with Crippen LogP contribution in [0, 0.1) is 6.92 Å². The lowest BCUT2D eigenvalue weighted by Crippen LogP contribution is -2.27. The predicted octanol–water partition coefficient (Wildman–Crippen LogP) is 3.72. The zero-order chi connectivity index (χ0) is 17.3. The highest BCUT2D eigenvalue weighted by molar-refractivity contribution is 8.00. The lowest BCUT2D eigenvalue weighted by Gasteiger charge is -2.16. The van der Waals surface area contributed by atoms with Crippen LogP contribution < -0.4 is 0 Å². The van der Waals surface area contributed by atoms with Crippen molar-refractivity contribution in [2.45, 2.75) is 51.1 Å². The Morgan fingerprint density at radius 2 is 2.00 bits per heavy atom. The first-order chi connectivity index (χ1) is 11.3. The first-order valence-electron chi connectivity index (χ1n) is 8.16. The summed E-state index contributed by atoms with van der Waals surface area (Å²) in [6, 6.07) is 8.16. The maximum atomic E-state index is 12.5. The van der Waals surface area contributed by atoms with Gasteiger partial charge in [-0.25, -0.2) is 9.97 Å². The number of aromatic nitrogens is 2. The molecule has 0 atom stereocenters. The number of rotatable bonds is 3. The second kappa shape index (κ2) is 6.55. The average molecular weight is 341 g/mol. The van der Waals surface area contributed by atoms with Crippen LogP contribution in [0.15, 0.2) is 35.4 Å². The molecular weight excluding hydrogens is 318 g/mol. The van der Waals surface area contributed by atoms with Gasteiger partial charge in [-0.2, -0.15) is 0 Å². The summed E-state index contributed by atoms with van der Waals surface area (Å²) in [5.74, 6) is 1.45. The van der Waals surface area contributed by atoms with Gasteiger partial charge in [0.15, 0.2) is 0 Å². The fourth-order valence-corrected chi connectivity index (χ4v) is 3.57. The van der Waals surface area contributed by atoms with Crippen molar-refractivity contribution in [2.75, 3.05) is 5.75 Å². The molecule has 0 fully saturated rings. The van der Waals surface area contributed by atoms with Crippen molar-refractivity contribution in [1.29, 1.82) is 0 Å². The molecular formula is C19H23N3OS. The van der Waals surface area contributed by atoms with Crippen LogP contribution in [-0.2, 0) is 23.3 Å². The van der Waals surface area contributed by atoms with Crippen LogP contribution in [0.4, 0.5) is 0 Å². The molecule has 1 aliphatic heterocycles. The SMILES string of the molecule is Cc1ccccc1SCC(=O)N1Cc2cnc(C(C)(C)C)nc2C1. The number of carbonyl (C=O) groups excluding carboxylic acids is 1. The van der Waals surface area contributed by atoms with Gasteiger partial charge in [-0.05, 0) is 18.6 Å². The molecule has 2 aromatic rings. The van der Waals surface area contributed by atoms with Crippen molar-refractivity contribution in [2.24, 2.45) is 0 Å². The first kappa shape index (κ1) is 17.0. The molecule has 5 heteroatoms. The number of benzene rings is 1. The molecule has 1 aromatic heterocycles. The van der Waals surface area contributed by atoms with Gasteiger partial charge in [0.25, 0.3) is 0 Å². The predicted molar refractivity (Wildman–Crippen MR) is 96.9 cm³/mol. The molecule has 4 nitrogen and oxygen atoms in total. The number of fused-ring (bicyclic) bond motifs is 1. The Labute approximate surface area is 147 Å². The number of nitrogens with zero attached hydrogens (tertiary/aromatic N) is 3. The Bertz CT molecular complexity index is 767. The summed E-state index contributed by atoms with van der Waals surface area (Å²) in [6.45, 7) is 9.59. The monoisotopic (exact) mass is 341 g/mol. The van der Waals surface area contributed by atoms with Crippen molar-refractivity contribution < 1.29 is 4.79 Å². The zero-order valence-electron chi connectivity index (χ0n) is 14.7. The second-order valence-corrected chi connectivity index (χ2v) is 8.24. The quantitative estimate of drug-likeness (QED) is 0.798. The highest BCUT2D eigenvalue weighted by atomic mass is 32.2. The fraction of sp³-hybridized carbons (Fsp3) is 0.421. The Kier molecular flexibility index (Phi) is 4.63. The van der Waals surface area contributed by atoms with Crippen molar-refractivity contribution in [3.05, 3.63) is 53.1 Å². The molecule has 3 rings (SSSR count). The Hall–Kier alpha value is -1.88. The van der Waals surface area contributed by atoms with Gasteiger partial charge in [0.1, 0.15) is 5.82 Å². The summed E-state index contributed by atoms with van der Waals surface area (Å²) >= 11 is 1.60. The van der Waals surface area contributed by atoms with Crippen LogP contribution >= 0.6 is 11.8 Å². The number of hydrogen-bond donors (Lipinski definition) is 0. The molecule has 0 radical (unpaired) electrons. The zero-order valence-corrected chi connectivity index (χ0v) is 15.5. The maximum absolute atomic E-state index is 12.5. The summed E-state index contributed by atoms with van der Waals surface area (Å²) in [5.41, 5.74) is 3.19. The molecule has 1 aromatic carbocycles. The van der Waals surface area contributed by atoms with Crippen LogP contribution in [0.3, 0.4) is 0 Å². The van der Waals surface area contributed by atoms with Crippen LogP contribution in [0.5, 0.6) is 0 Å². The molecule has 0 saturated heterocycles. The number of carbonyl (C=O) groups is 1. The number of aryl methyl sites for hydroxylation is 1. The van der Waals surface area contributed by atoms with Crippen LogP contribution in [0.1, 0.15) is 43.4 Å². The molecule has 0 saturated carbocycles. The van der Waals surface area contributed by atoms with Gasteiger partial charge < -0.3 is 4.90 Å². The van der Waals surface area contributed by atoms with E-state index in [4.69, 9.17) is 0 Å². The van der Waals surface area contributed by atoms with E-state index in [9.17, 15) is 4.79 Å². The van der Waals surface area contributed by atoms with Gasteiger partial charge in [-0.1, -0.05) is 39.0 Å². The van der Waals surface area contributed by atoms with Crippen LogP contribution in [0.25, 0.3) is 0 Å². The Morgan fingerprint density at radius 1 is 1.25 bits per heavy atom. The summed E-state index contributed by atoms with van der Waals surface area (Å²) in [7, 11) is 0. The Balaban J connectivity index is 1.65. The third-order valence-electron chi connectivity index (χ3n) is 4.12. The lowest BCUT2D eigenvalue weighted by atomic mass is 9.95. The molecule has 1 aliphatic rings. The van der Waals surface area contributed by atoms with E-state index in [0.29, 0.717) is 18.8 Å². The molecule has 0 unspecified atom stereocenters. The lowest BCUT2D eigenvalue weighted by molar-refractivity contribution is -0.128. The summed E-state index contributed by atoms with van der Waals surface area (Å²) < 4.78 is 0. The van der Waals surface area contributed by atoms with Crippen molar-refractivity contribution in [3.8, 4) is 0 Å². The topological polar surface area (TPSA) is 46.1 Å². The number of thioether (sulfide) groups is 1. The van der Waals surface area contributed by atoms with Gasteiger partial charge in [0, 0.05) is 28.6 Å². The third-order valence-corrected chi connectivity index (χ3v) is 5.28. The van der Waals surface area contributed by atoms with Crippen molar-refractivity contribution >= 4 is 17.7 Å². The van der Waals surface area contributed by atoms with Gasteiger partial charge in [-0.15, -0.1) is 11.8 Å². The highest BCUT2D eigenvalue weighted by Crippen LogP contribution is 2.27. The van der Waals surface area contributed by atoms with E-state index in [1.54, 1.807) is 11.8 Å². The Morgan fingerprint density at radius 3 is 2.71 bits per heavy atom. The van der Waals surface area contributed by atoms with E-state index in [-0.39, 0.29) is 11.3 Å². The van der Waals surface area contributed by atoms with Crippen LogP contribution in [0.2, 0.25) is 0 Å². The molecule has 0 N–H and O–H groups in total. The molecule has 1 amide bonds. The minimum Gasteiger partial charge on any atom is -0.332 e. The van der Waals surface area contributed by atoms with Gasteiger partial charge in [0.05, 0.1) is 18.0 Å². The van der Waals surface area contributed by atoms with Gasteiger partial charge in [0.2, 0.25) is 5.91 Å². The molecule has 24 heavy (non-hydrogen) atoms. The normalized spacial score (nSPS) is 13.9. The smallest absolute Gasteiger partial charge is 0.233 e. The molecule has 0 bridgehead atoms. The van der Waals surface area contributed by atoms with E-state index >= 15 is 0 Å². The van der Waals surface area contributed by atoms with E-state index < -0.39 is 0 Å². The molecule has 0 spiro atoms. The summed E-state index contributed by atoms with van der Waals surface area (Å²) in [4.78, 5) is 24.7. The number of hydrogen-bond acceptors (Lipinski definition) is 4. The minimum absolute atomic E-state index is 0.0762. The van der Waals surface area contributed by atoms with Crippen molar-refractivity contribution in [3.63, 3.8) is 0 Å². The minimum atomic E-state index is -0.0762. The van der Waals surface area contributed by atoms with Crippen LogP contribution in [-0.4, -0.2) is 26.5 Å². The van der Waals surface area contributed by atoms with E-state index in [1.807, 2.05) is 23.2 Å². The molecule has 0 aliphatic carbocycles. The standard InChI is InChI=1S/C19H23N3OS/c1-13-7-5-6-8-16(13)24-12-17(23)22-10-14-9-20-18(19(2,3)4)21-15(14)11-22/h5-9H,10-12H2,1-4H3. The largest absolute Gasteiger partial charge is 0.332 e. The number of amides is 1. The fourth-order valence-electron chi connectivity index (χ4n) is 2.64. The maximum Gasteiger partial charge on any atom is 0.233 e. The first-order valence-corrected chi connectivity index (χ1v) is 9.14. The average Bonchev–Trinajstić information content (AvgIpc) is 2.96. The molecule has 126 valence electrons. The van der Waals surface area contributed by atoms with Crippen molar-refractivity contribution in [1.82, 2.24) is 14.9 Å². The van der Waals surface area contributed by atoms with E-state index in [1.165, 1.54) is 5.56 Å². The van der Waals surface area contributed by atoms with E-state index in [0.717, 1.165) is 22.0 Å². The summed E-state index contributed by atoms with van der Waals surface area (Å²) in [6.07, 6.45) is 1.88. The third kappa shape index (κ3) is 3.61. The summed E-state index contributed by atoms with van der Waals surface area (Å²) in [5, 5.41) is 0. The molecule has 2 heterocycles. The highest BCUT2D eigenvalue weighted by Gasteiger charge is 2.27. The van der Waals surface area contributed by atoms with Gasteiger partial charge >= 0.3 is 0 Å². The second-order valence-electron chi connectivity index (χ2n) is 7.22. The van der Waals surface area contributed by atoms with Gasteiger partial charge in [-0.3, -0.25) is 4.79 Å². The van der Waals surface area contributed by atoms with E-state index in [2.05, 4.69) is 49.8 Å².